The molecule has 2 nitrogen and oxygen atoms in total. The number of benzene rings is 1. The zero-order valence-electron chi connectivity index (χ0n) is 10.7. The van der Waals surface area contributed by atoms with Gasteiger partial charge < -0.3 is 4.42 Å². The minimum atomic E-state index is 0.0654. The zero-order valence-corrected chi connectivity index (χ0v) is 10.7. The van der Waals surface area contributed by atoms with Gasteiger partial charge in [0.15, 0.2) is 5.43 Å². The van der Waals surface area contributed by atoms with Gasteiger partial charge in [-0.05, 0) is 29.5 Å². The lowest BCUT2D eigenvalue weighted by molar-refractivity contribution is 0.397. The number of fused-ring (bicyclic) bond motifs is 2. The molecule has 0 spiro atoms. The molecular formula is C16H16O2. The summed E-state index contributed by atoms with van der Waals surface area (Å²) in [5, 5.41) is 0.652. The van der Waals surface area contributed by atoms with E-state index in [1.165, 1.54) is 0 Å². The van der Waals surface area contributed by atoms with Crippen LogP contribution in [0.3, 0.4) is 0 Å². The third-order valence-corrected chi connectivity index (χ3v) is 4.10. The summed E-state index contributed by atoms with van der Waals surface area (Å²) in [4.78, 5) is 12.5. The zero-order chi connectivity index (χ0) is 12.9. The van der Waals surface area contributed by atoms with Crippen molar-refractivity contribution in [3.63, 3.8) is 0 Å². The Balaban J connectivity index is 2.38. The summed E-state index contributed by atoms with van der Waals surface area (Å²) in [5.74, 6) is 1.60. The summed E-state index contributed by atoms with van der Waals surface area (Å²) < 4.78 is 5.89. The second kappa shape index (κ2) is 3.84. The standard InChI is InChI=1S/C16H16O2/c1-9-8-14-15(11(3)10(9)2)16(17)12-6-4-5-7-13(12)18-14/h4-7,9-10H,3,8H2,1-2H3/t9-,10+/m0/s1. The van der Waals surface area contributed by atoms with Crippen molar-refractivity contribution >= 4 is 16.5 Å². The fourth-order valence-electron chi connectivity index (χ4n) is 2.70. The summed E-state index contributed by atoms with van der Waals surface area (Å²) in [6, 6.07) is 7.42. The van der Waals surface area contributed by atoms with Crippen LogP contribution in [0.2, 0.25) is 0 Å². The molecule has 0 saturated carbocycles. The number of rotatable bonds is 0. The average molecular weight is 240 g/mol. The molecule has 1 aliphatic rings. The summed E-state index contributed by atoms with van der Waals surface area (Å²) in [6.45, 7) is 8.40. The molecular weight excluding hydrogens is 224 g/mol. The molecule has 0 unspecified atom stereocenters. The van der Waals surface area contributed by atoms with Gasteiger partial charge in [0.05, 0.1) is 10.9 Å². The molecule has 0 fully saturated rings. The largest absolute Gasteiger partial charge is 0.460 e. The Kier molecular flexibility index (Phi) is 2.40. The molecule has 0 amide bonds. The van der Waals surface area contributed by atoms with Crippen LogP contribution in [0.25, 0.3) is 16.5 Å². The van der Waals surface area contributed by atoms with E-state index in [-0.39, 0.29) is 5.43 Å². The number of hydrogen-bond acceptors (Lipinski definition) is 2. The van der Waals surface area contributed by atoms with Gasteiger partial charge in [-0.2, -0.15) is 0 Å². The van der Waals surface area contributed by atoms with E-state index >= 15 is 0 Å². The molecule has 3 rings (SSSR count). The maximum atomic E-state index is 12.5. The minimum absolute atomic E-state index is 0.0654. The van der Waals surface area contributed by atoms with Crippen LogP contribution in [0.1, 0.15) is 25.2 Å². The van der Waals surface area contributed by atoms with Gasteiger partial charge in [0.25, 0.3) is 0 Å². The quantitative estimate of drug-likeness (QED) is 0.703. The molecule has 2 aromatic rings. The highest BCUT2D eigenvalue weighted by atomic mass is 16.3. The third kappa shape index (κ3) is 1.45. The van der Waals surface area contributed by atoms with E-state index in [0.29, 0.717) is 28.4 Å². The predicted octanol–water partition coefficient (Wildman–Crippen LogP) is 3.63. The number of hydrogen-bond donors (Lipinski definition) is 0. The Bertz CT molecular complexity index is 694. The van der Waals surface area contributed by atoms with Crippen molar-refractivity contribution in [1.82, 2.24) is 0 Å². The molecule has 2 atom stereocenters. The molecule has 1 heterocycles. The van der Waals surface area contributed by atoms with E-state index in [1.54, 1.807) is 0 Å². The summed E-state index contributed by atoms with van der Waals surface area (Å²) in [5.41, 5.74) is 2.37. The highest BCUT2D eigenvalue weighted by Crippen LogP contribution is 2.36. The molecule has 0 saturated heterocycles. The van der Waals surface area contributed by atoms with Crippen LogP contribution in [-0.4, -0.2) is 0 Å². The van der Waals surface area contributed by atoms with Gasteiger partial charge in [-0.3, -0.25) is 4.79 Å². The van der Waals surface area contributed by atoms with Gasteiger partial charge in [-0.1, -0.05) is 32.6 Å². The number of allylic oxidation sites excluding steroid dienone is 1. The van der Waals surface area contributed by atoms with Crippen molar-refractivity contribution in [1.29, 1.82) is 0 Å². The van der Waals surface area contributed by atoms with Gasteiger partial charge >= 0.3 is 0 Å². The van der Waals surface area contributed by atoms with Gasteiger partial charge in [0.1, 0.15) is 11.3 Å². The van der Waals surface area contributed by atoms with Crippen LogP contribution >= 0.6 is 0 Å². The van der Waals surface area contributed by atoms with Crippen molar-refractivity contribution in [2.75, 3.05) is 0 Å². The summed E-state index contributed by atoms with van der Waals surface area (Å²) in [7, 11) is 0. The second-order valence-corrected chi connectivity index (χ2v) is 5.22. The van der Waals surface area contributed by atoms with Crippen molar-refractivity contribution in [3.05, 3.63) is 52.4 Å². The molecule has 2 heteroatoms. The number of para-hydroxylation sites is 1. The molecule has 92 valence electrons. The highest BCUT2D eigenvalue weighted by molar-refractivity contribution is 5.82. The molecule has 0 bridgehead atoms. The lowest BCUT2D eigenvalue weighted by Crippen LogP contribution is -2.25. The van der Waals surface area contributed by atoms with Crippen molar-refractivity contribution in [2.24, 2.45) is 11.8 Å². The van der Waals surface area contributed by atoms with E-state index < -0.39 is 0 Å². The van der Waals surface area contributed by atoms with Crippen LogP contribution in [0, 0.1) is 11.8 Å². The first-order valence-electron chi connectivity index (χ1n) is 6.33. The minimum Gasteiger partial charge on any atom is -0.460 e. The Morgan fingerprint density at radius 1 is 1.28 bits per heavy atom. The van der Waals surface area contributed by atoms with Crippen molar-refractivity contribution < 1.29 is 4.42 Å². The Labute approximate surface area is 106 Å². The van der Waals surface area contributed by atoms with E-state index in [0.717, 1.165) is 17.8 Å². The fourth-order valence-corrected chi connectivity index (χ4v) is 2.70. The third-order valence-electron chi connectivity index (χ3n) is 4.10. The van der Waals surface area contributed by atoms with E-state index in [1.807, 2.05) is 24.3 Å². The Hall–Kier alpha value is -1.83. The molecule has 1 aromatic carbocycles. The van der Waals surface area contributed by atoms with Gasteiger partial charge in [-0.15, -0.1) is 0 Å². The molecule has 1 aromatic heterocycles. The lowest BCUT2D eigenvalue weighted by Gasteiger charge is -2.28. The maximum absolute atomic E-state index is 12.5. The van der Waals surface area contributed by atoms with Crippen LogP contribution in [0.5, 0.6) is 0 Å². The molecule has 18 heavy (non-hydrogen) atoms. The maximum Gasteiger partial charge on any atom is 0.200 e. The Morgan fingerprint density at radius 3 is 2.78 bits per heavy atom. The second-order valence-electron chi connectivity index (χ2n) is 5.22. The van der Waals surface area contributed by atoms with Crippen LogP contribution in [0.15, 0.2) is 40.1 Å². The SMILES string of the molecule is C=C1c2c(oc3ccccc3c2=O)C[C@H](C)[C@H]1C. The highest BCUT2D eigenvalue weighted by Gasteiger charge is 2.29. The topological polar surface area (TPSA) is 30.2 Å². The summed E-state index contributed by atoms with van der Waals surface area (Å²) >= 11 is 0. The van der Waals surface area contributed by atoms with Crippen LogP contribution in [0.4, 0.5) is 0 Å². The predicted molar refractivity (Wildman–Crippen MR) is 73.6 cm³/mol. The Morgan fingerprint density at radius 2 is 2.00 bits per heavy atom. The first kappa shape index (κ1) is 11.3. The van der Waals surface area contributed by atoms with Crippen LogP contribution < -0.4 is 5.43 Å². The first-order chi connectivity index (χ1) is 8.59. The van der Waals surface area contributed by atoms with E-state index in [2.05, 4.69) is 20.4 Å². The summed E-state index contributed by atoms with van der Waals surface area (Å²) in [6.07, 6.45) is 0.815. The molecule has 0 aliphatic heterocycles. The lowest BCUT2D eigenvalue weighted by atomic mass is 9.77. The molecule has 0 radical (unpaired) electrons. The fraction of sp³-hybridized carbons (Fsp3) is 0.312. The molecule has 1 aliphatic carbocycles. The van der Waals surface area contributed by atoms with E-state index in [4.69, 9.17) is 4.42 Å². The smallest absolute Gasteiger partial charge is 0.200 e. The van der Waals surface area contributed by atoms with Crippen LogP contribution in [-0.2, 0) is 6.42 Å². The van der Waals surface area contributed by atoms with E-state index in [9.17, 15) is 4.79 Å². The van der Waals surface area contributed by atoms with Gasteiger partial charge in [-0.25, -0.2) is 0 Å². The molecule has 0 N–H and O–H groups in total. The van der Waals surface area contributed by atoms with Gasteiger partial charge in [0, 0.05) is 6.42 Å². The monoisotopic (exact) mass is 240 g/mol. The van der Waals surface area contributed by atoms with Gasteiger partial charge in [0.2, 0.25) is 0 Å². The normalized spacial score (nSPS) is 23.1. The average Bonchev–Trinajstić information content (AvgIpc) is 2.36. The van der Waals surface area contributed by atoms with Crippen molar-refractivity contribution in [3.8, 4) is 0 Å². The first-order valence-corrected chi connectivity index (χ1v) is 6.33. The van der Waals surface area contributed by atoms with Crippen molar-refractivity contribution in [2.45, 2.75) is 20.3 Å².